The summed E-state index contributed by atoms with van der Waals surface area (Å²) >= 11 is 0. The molecule has 0 heterocycles. The Bertz CT molecular complexity index is 964. The molecule has 0 aromatic heterocycles. The van der Waals surface area contributed by atoms with Crippen molar-refractivity contribution in [3.8, 4) is 28.7 Å². The van der Waals surface area contributed by atoms with Crippen LogP contribution >= 0.6 is 0 Å². The molecule has 0 radical (unpaired) electrons. The van der Waals surface area contributed by atoms with Crippen LogP contribution in [-0.4, -0.2) is 27.4 Å². The lowest BCUT2D eigenvalue weighted by atomic mass is 10.2. The van der Waals surface area contributed by atoms with E-state index in [1.54, 1.807) is 24.3 Å². The van der Waals surface area contributed by atoms with E-state index < -0.39 is 23.2 Å². The fraction of sp³-hybridized carbons (Fsp3) is 0. The molecule has 0 spiro atoms. The Morgan fingerprint density at radius 2 is 1.56 bits per heavy atom. The van der Waals surface area contributed by atoms with Crippen LogP contribution in [0.2, 0.25) is 0 Å². The number of aromatic hydroxyl groups is 3. The lowest BCUT2D eigenvalue weighted by Gasteiger charge is -2.06. The van der Waals surface area contributed by atoms with Crippen molar-refractivity contribution < 1.29 is 24.9 Å². The molecule has 0 aliphatic carbocycles. The molecule has 3 aromatic carbocycles. The first-order chi connectivity index (χ1) is 13.0. The van der Waals surface area contributed by atoms with Gasteiger partial charge in [-0.2, -0.15) is 5.10 Å². The molecule has 7 nitrogen and oxygen atoms in total. The van der Waals surface area contributed by atoms with Crippen LogP contribution < -0.4 is 10.2 Å². The van der Waals surface area contributed by atoms with Crippen LogP contribution in [0.1, 0.15) is 15.9 Å². The van der Waals surface area contributed by atoms with Crippen LogP contribution in [0.25, 0.3) is 0 Å². The summed E-state index contributed by atoms with van der Waals surface area (Å²) in [6.45, 7) is 0. The molecule has 0 fully saturated rings. The molecular formula is C20H16N2O5. The van der Waals surface area contributed by atoms with Gasteiger partial charge < -0.3 is 20.1 Å². The van der Waals surface area contributed by atoms with Crippen LogP contribution in [0.4, 0.5) is 0 Å². The highest BCUT2D eigenvalue weighted by atomic mass is 16.5. The second-order valence-corrected chi connectivity index (χ2v) is 5.55. The van der Waals surface area contributed by atoms with Gasteiger partial charge in [0.1, 0.15) is 11.5 Å². The molecule has 0 saturated carbocycles. The average Bonchev–Trinajstić information content (AvgIpc) is 2.67. The maximum absolute atomic E-state index is 12.0. The molecule has 136 valence electrons. The standard InChI is InChI=1S/C20H16N2O5/c23-17-10-14(11-18(24)19(17)25)20(26)22-21-12-13-5-4-8-16(9-13)27-15-6-2-1-3-7-15/h1-12,23-25H,(H,22,26)/b21-12+. The van der Waals surface area contributed by atoms with Gasteiger partial charge in [-0.1, -0.05) is 30.3 Å². The molecule has 7 heteroatoms. The van der Waals surface area contributed by atoms with Crippen molar-refractivity contribution >= 4 is 12.1 Å². The first-order valence-corrected chi connectivity index (χ1v) is 7.94. The first-order valence-electron chi connectivity index (χ1n) is 7.94. The number of hydrogen-bond acceptors (Lipinski definition) is 6. The van der Waals surface area contributed by atoms with Crippen molar-refractivity contribution in [1.82, 2.24) is 5.43 Å². The summed E-state index contributed by atoms with van der Waals surface area (Å²) in [6, 6.07) is 18.5. The molecule has 27 heavy (non-hydrogen) atoms. The van der Waals surface area contributed by atoms with E-state index in [0.717, 1.165) is 12.1 Å². The van der Waals surface area contributed by atoms with Crippen LogP contribution in [-0.2, 0) is 0 Å². The predicted molar refractivity (Wildman–Crippen MR) is 99.5 cm³/mol. The van der Waals surface area contributed by atoms with Crippen LogP contribution in [0.5, 0.6) is 28.7 Å². The predicted octanol–water partition coefficient (Wildman–Crippen LogP) is 3.36. The summed E-state index contributed by atoms with van der Waals surface area (Å²) in [6.07, 6.45) is 1.43. The van der Waals surface area contributed by atoms with Crippen LogP contribution in [0.3, 0.4) is 0 Å². The third-order valence-corrected chi connectivity index (χ3v) is 3.55. The molecule has 3 aromatic rings. The van der Waals surface area contributed by atoms with Gasteiger partial charge in [-0.3, -0.25) is 4.79 Å². The van der Waals surface area contributed by atoms with Crippen LogP contribution in [0.15, 0.2) is 71.8 Å². The summed E-state index contributed by atoms with van der Waals surface area (Å²) in [5.41, 5.74) is 2.92. The van der Waals surface area contributed by atoms with E-state index in [0.29, 0.717) is 17.1 Å². The third kappa shape index (κ3) is 4.55. The van der Waals surface area contributed by atoms with Gasteiger partial charge in [-0.15, -0.1) is 0 Å². The van der Waals surface area contributed by atoms with Crippen molar-refractivity contribution in [2.45, 2.75) is 0 Å². The Kier molecular flexibility index (Phi) is 5.22. The molecule has 0 aliphatic heterocycles. The largest absolute Gasteiger partial charge is 0.504 e. The number of nitrogens with zero attached hydrogens (tertiary/aromatic N) is 1. The highest BCUT2D eigenvalue weighted by Crippen LogP contribution is 2.35. The van der Waals surface area contributed by atoms with Crippen molar-refractivity contribution in [2.24, 2.45) is 5.10 Å². The number of rotatable bonds is 5. The van der Waals surface area contributed by atoms with Crippen molar-refractivity contribution in [2.75, 3.05) is 0 Å². The van der Waals surface area contributed by atoms with Gasteiger partial charge in [-0.05, 0) is 42.0 Å². The number of benzene rings is 3. The van der Waals surface area contributed by atoms with E-state index in [1.165, 1.54) is 6.21 Å². The van der Waals surface area contributed by atoms with Gasteiger partial charge in [0.15, 0.2) is 17.2 Å². The van der Waals surface area contributed by atoms with Gasteiger partial charge in [0.2, 0.25) is 0 Å². The summed E-state index contributed by atoms with van der Waals surface area (Å²) < 4.78 is 5.73. The SMILES string of the molecule is O=C(N/N=C/c1cccc(Oc2ccccc2)c1)c1cc(O)c(O)c(O)c1. The lowest BCUT2D eigenvalue weighted by molar-refractivity contribution is 0.0954. The Morgan fingerprint density at radius 3 is 2.26 bits per heavy atom. The van der Waals surface area contributed by atoms with E-state index in [9.17, 15) is 20.1 Å². The number of phenolic OH excluding ortho intramolecular Hbond substituents is 3. The molecule has 0 atom stereocenters. The smallest absolute Gasteiger partial charge is 0.271 e. The Balaban J connectivity index is 1.66. The number of para-hydroxylation sites is 1. The normalized spacial score (nSPS) is 10.7. The summed E-state index contributed by atoms with van der Waals surface area (Å²) in [4.78, 5) is 12.0. The van der Waals surface area contributed by atoms with Gasteiger partial charge in [0.05, 0.1) is 6.21 Å². The molecule has 4 N–H and O–H groups in total. The minimum atomic E-state index is -0.690. The van der Waals surface area contributed by atoms with Crippen molar-refractivity contribution in [3.63, 3.8) is 0 Å². The molecule has 0 aliphatic rings. The average molecular weight is 364 g/mol. The molecule has 3 rings (SSSR count). The number of phenols is 3. The zero-order valence-corrected chi connectivity index (χ0v) is 14.0. The fourth-order valence-electron chi connectivity index (χ4n) is 2.25. The van der Waals surface area contributed by atoms with E-state index in [4.69, 9.17) is 4.74 Å². The Hall–Kier alpha value is -4.00. The number of carbonyl (C=O) groups is 1. The number of carbonyl (C=O) groups excluding carboxylic acids is 1. The molecular weight excluding hydrogens is 348 g/mol. The monoisotopic (exact) mass is 364 g/mol. The number of nitrogens with one attached hydrogen (secondary N) is 1. The summed E-state index contributed by atoms with van der Waals surface area (Å²) in [7, 11) is 0. The van der Waals surface area contributed by atoms with Gasteiger partial charge in [0.25, 0.3) is 5.91 Å². The van der Waals surface area contributed by atoms with E-state index in [-0.39, 0.29) is 5.56 Å². The quantitative estimate of drug-likeness (QED) is 0.315. The second-order valence-electron chi connectivity index (χ2n) is 5.55. The molecule has 1 amide bonds. The highest BCUT2D eigenvalue weighted by Gasteiger charge is 2.12. The number of amides is 1. The maximum atomic E-state index is 12.0. The van der Waals surface area contributed by atoms with Gasteiger partial charge in [-0.25, -0.2) is 5.43 Å². The van der Waals surface area contributed by atoms with Crippen molar-refractivity contribution in [3.05, 3.63) is 77.9 Å². The number of ether oxygens (including phenoxy) is 1. The fourth-order valence-corrected chi connectivity index (χ4v) is 2.25. The lowest BCUT2D eigenvalue weighted by Crippen LogP contribution is -2.17. The Labute approximate surface area is 154 Å². The zero-order valence-electron chi connectivity index (χ0n) is 14.0. The third-order valence-electron chi connectivity index (χ3n) is 3.55. The van der Waals surface area contributed by atoms with Crippen LogP contribution in [0, 0.1) is 0 Å². The van der Waals surface area contributed by atoms with E-state index in [2.05, 4.69) is 10.5 Å². The summed E-state index contributed by atoms with van der Waals surface area (Å²) in [5, 5.41) is 32.0. The van der Waals surface area contributed by atoms with E-state index >= 15 is 0 Å². The minimum Gasteiger partial charge on any atom is -0.504 e. The zero-order chi connectivity index (χ0) is 19.2. The maximum Gasteiger partial charge on any atom is 0.271 e. The van der Waals surface area contributed by atoms with Gasteiger partial charge >= 0.3 is 0 Å². The Morgan fingerprint density at radius 1 is 0.889 bits per heavy atom. The van der Waals surface area contributed by atoms with E-state index in [1.807, 2.05) is 30.3 Å². The first kappa shape index (κ1) is 17.8. The molecule has 0 bridgehead atoms. The highest BCUT2D eigenvalue weighted by molar-refractivity contribution is 5.96. The minimum absolute atomic E-state index is 0.0545. The molecule has 0 saturated heterocycles. The molecule has 0 unspecified atom stereocenters. The number of hydrazone groups is 1. The van der Waals surface area contributed by atoms with Crippen molar-refractivity contribution in [1.29, 1.82) is 0 Å². The topological polar surface area (TPSA) is 111 Å². The van der Waals surface area contributed by atoms with Gasteiger partial charge in [0, 0.05) is 5.56 Å². The summed E-state index contributed by atoms with van der Waals surface area (Å²) in [5.74, 6) is -1.24. The number of hydrogen-bond donors (Lipinski definition) is 4. The second kappa shape index (κ2) is 7.92.